The number of hydrogen-bond donors (Lipinski definition) is 3. The number of ether oxygens (including phenoxy) is 1. The molecule has 1 saturated heterocycles. The Balaban J connectivity index is 0.00000225. The van der Waals surface area contributed by atoms with Crippen LogP contribution in [0.25, 0.3) is 0 Å². The first-order valence-corrected chi connectivity index (χ1v) is 9.70. The van der Waals surface area contributed by atoms with Gasteiger partial charge in [0.1, 0.15) is 10.6 Å². The van der Waals surface area contributed by atoms with Crippen molar-refractivity contribution in [1.82, 2.24) is 15.4 Å². The number of sulfonamides is 1. The Hall–Kier alpha value is -1.35. The van der Waals surface area contributed by atoms with Crippen molar-refractivity contribution in [1.29, 1.82) is 0 Å². The fourth-order valence-electron chi connectivity index (χ4n) is 2.76. The van der Waals surface area contributed by atoms with Crippen molar-refractivity contribution in [2.45, 2.75) is 42.7 Å². The molecule has 3 rings (SSSR count). The van der Waals surface area contributed by atoms with E-state index in [1.807, 2.05) is 0 Å². The largest absolute Gasteiger partial charge is 0.495 e. The van der Waals surface area contributed by atoms with Crippen LogP contribution in [0.3, 0.4) is 0 Å². The SMILES string of the molecule is COc1ccc(C(=O)NCC2CCCN2)cc1S(=O)(=O)NC1CC1.Cl. The van der Waals surface area contributed by atoms with Crippen LogP contribution in [-0.4, -0.2) is 46.6 Å². The van der Waals surface area contributed by atoms with E-state index in [0.29, 0.717) is 12.1 Å². The molecule has 3 N–H and O–H groups in total. The van der Waals surface area contributed by atoms with Gasteiger partial charge in [-0.1, -0.05) is 0 Å². The van der Waals surface area contributed by atoms with Gasteiger partial charge in [-0.3, -0.25) is 4.79 Å². The Morgan fingerprint density at radius 3 is 2.68 bits per heavy atom. The van der Waals surface area contributed by atoms with Gasteiger partial charge in [-0.05, 0) is 50.4 Å². The van der Waals surface area contributed by atoms with Crippen LogP contribution in [0.5, 0.6) is 5.75 Å². The molecule has 25 heavy (non-hydrogen) atoms. The summed E-state index contributed by atoms with van der Waals surface area (Å²) >= 11 is 0. The first kappa shape index (κ1) is 20.0. The molecule has 1 heterocycles. The van der Waals surface area contributed by atoms with Gasteiger partial charge in [-0.2, -0.15) is 0 Å². The number of carbonyl (C=O) groups excluding carboxylic acids is 1. The lowest BCUT2D eigenvalue weighted by Crippen LogP contribution is -2.37. The summed E-state index contributed by atoms with van der Waals surface area (Å²) in [7, 11) is -2.28. The summed E-state index contributed by atoms with van der Waals surface area (Å²) in [5.74, 6) is -0.0496. The molecule has 1 saturated carbocycles. The predicted octanol–water partition coefficient (Wildman–Crippen LogP) is 1.04. The Kier molecular flexibility index (Phi) is 6.67. The third-order valence-corrected chi connectivity index (χ3v) is 5.83. The van der Waals surface area contributed by atoms with E-state index in [1.165, 1.54) is 19.2 Å². The van der Waals surface area contributed by atoms with E-state index in [0.717, 1.165) is 32.2 Å². The average molecular weight is 390 g/mol. The van der Waals surface area contributed by atoms with Crippen molar-refractivity contribution in [2.75, 3.05) is 20.2 Å². The molecular formula is C16H24ClN3O4S. The van der Waals surface area contributed by atoms with Gasteiger partial charge in [-0.15, -0.1) is 12.4 Å². The van der Waals surface area contributed by atoms with E-state index in [9.17, 15) is 13.2 Å². The van der Waals surface area contributed by atoms with Crippen molar-refractivity contribution in [2.24, 2.45) is 0 Å². The molecule has 2 aliphatic rings. The minimum absolute atomic E-state index is 0. The zero-order valence-electron chi connectivity index (χ0n) is 14.1. The van der Waals surface area contributed by atoms with E-state index >= 15 is 0 Å². The van der Waals surface area contributed by atoms with Gasteiger partial charge in [0.2, 0.25) is 10.0 Å². The van der Waals surface area contributed by atoms with E-state index < -0.39 is 10.0 Å². The normalized spacial score (nSPS) is 20.0. The molecule has 140 valence electrons. The standard InChI is InChI=1S/C16H23N3O4S.ClH/c1-23-14-7-4-11(16(20)18-10-13-3-2-8-17-13)9-15(14)24(21,22)19-12-5-6-12;/h4,7,9,12-13,17,19H,2-3,5-6,8,10H2,1H3,(H,18,20);1H. The lowest BCUT2D eigenvalue weighted by molar-refractivity contribution is 0.0950. The molecule has 1 aromatic carbocycles. The maximum Gasteiger partial charge on any atom is 0.251 e. The highest BCUT2D eigenvalue weighted by Gasteiger charge is 2.30. The second kappa shape index (κ2) is 8.35. The Labute approximate surface area is 154 Å². The summed E-state index contributed by atoms with van der Waals surface area (Å²) in [6.07, 6.45) is 3.83. The molecule has 1 unspecified atom stereocenters. The van der Waals surface area contributed by atoms with E-state index in [1.54, 1.807) is 6.07 Å². The summed E-state index contributed by atoms with van der Waals surface area (Å²) in [6, 6.07) is 4.75. The van der Waals surface area contributed by atoms with E-state index in [4.69, 9.17) is 4.74 Å². The molecule has 1 aromatic rings. The molecule has 0 bridgehead atoms. The van der Waals surface area contributed by atoms with Gasteiger partial charge in [0, 0.05) is 24.2 Å². The second-order valence-electron chi connectivity index (χ2n) is 6.26. The van der Waals surface area contributed by atoms with Crippen molar-refractivity contribution < 1.29 is 17.9 Å². The highest BCUT2D eigenvalue weighted by molar-refractivity contribution is 7.89. The molecule has 0 aromatic heterocycles. The monoisotopic (exact) mass is 389 g/mol. The van der Waals surface area contributed by atoms with Gasteiger partial charge < -0.3 is 15.4 Å². The molecule has 0 radical (unpaired) electrons. The predicted molar refractivity (Wildman–Crippen MR) is 96.9 cm³/mol. The molecule has 0 spiro atoms. The average Bonchev–Trinajstić information content (AvgIpc) is 3.22. The fourth-order valence-corrected chi connectivity index (χ4v) is 4.26. The van der Waals surface area contributed by atoms with Crippen LogP contribution in [0.4, 0.5) is 0 Å². The van der Waals surface area contributed by atoms with Crippen LogP contribution in [0.2, 0.25) is 0 Å². The molecule has 1 aliphatic carbocycles. The molecule has 7 nitrogen and oxygen atoms in total. The van der Waals surface area contributed by atoms with Gasteiger partial charge in [0.05, 0.1) is 7.11 Å². The van der Waals surface area contributed by atoms with Crippen molar-refractivity contribution >= 4 is 28.3 Å². The summed E-state index contributed by atoms with van der Waals surface area (Å²) < 4.78 is 32.7. The van der Waals surface area contributed by atoms with Crippen molar-refractivity contribution in [3.05, 3.63) is 23.8 Å². The van der Waals surface area contributed by atoms with Gasteiger partial charge >= 0.3 is 0 Å². The molecule has 9 heteroatoms. The smallest absolute Gasteiger partial charge is 0.251 e. The van der Waals surface area contributed by atoms with Crippen molar-refractivity contribution in [3.63, 3.8) is 0 Å². The van der Waals surface area contributed by atoms with Crippen LogP contribution in [0, 0.1) is 0 Å². The zero-order chi connectivity index (χ0) is 17.2. The summed E-state index contributed by atoms with van der Waals surface area (Å²) in [5.41, 5.74) is 0.310. The third-order valence-electron chi connectivity index (χ3n) is 4.29. The quantitative estimate of drug-likeness (QED) is 0.647. The number of nitrogens with one attached hydrogen (secondary N) is 3. The number of rotatable bonds is 7. The summed E-state index contributed by atoms with van der Waals surface area (Å²) in [4.78, 5) is 12.3. The maximum atomic E-state index is 12.5. The lowest BCUT2D eigenvalue weighted by Gasteiger charge is -2.14. The van der Waals surface area contributed by atoms with Gasteiger partial charge in [-0.25, -0.2) is 13.1 Å². The van der Waals surface area contributed by atoms with Gasteiger partial charge in [0.15, 0.2) is 0 Å². The minimum Gasteiger partial charge on any atom is -0.495 e. The number of methoxy groups -OCH3 is 1. The van der Waals surface area contributed by atoms with Crippen LogP contribution < -0.4 is 20.1 Å². The highest BCUT2D eigenvalue weighted by atomic mass is 35.5. The highest BCUT2D eigenvalue weighted by Crippen LogP contribution is 2.28. The number of halogens is 1. The zero-order valence-corrected chi connectivity index (χ0v) is 15.7. The Bertz CT molecular complexity index is 716. The number of carbonyl (C=O) groups is 1. The maximum absolute atomic E-state index is 12.5. The van der Waals surface area contributed by atoms with Crippen LogP contribution in [-0.2, 0) is 10.0 Å². The Morgan fingerprint density at radius 2 is 2.08 bits per heavy atom. The molecular weight excluding hydrogens is 366 g/mol. The minimum atomic E-state index is -3.69. The topological polar surface area (TPSA) is 96.5 Å². The number of hydrogen-bond acceptors (Lipinski definition) is 5. The van der Waals surface area contributed by atoms with Crippen LogP contribution in [0.15, 0.2) is 23.1 Å². The molecule has 1 amide bonds. The number of amides is 1. The first-order valence-electron chi connectivity index (χ1n) is 8.21. The first-order chi connectivity index (χ1) is 11.5. The molecule has 2 fully saturated rings. The Morgan fingerprint density at radius 1 is 1.32 bits per heavy atom. The summed E-state index contributed by atoms with van der Waals surface area (Å²) in [6.45, 7) is 1.51. The van der Waals surface area contributed by atoms with Crippen LogP contribution in [0.1, 0.15) is 36.0 Å². The molecule has 1 aliphatic heterocycles. The van der Waals surface area contributed by atoms with E-state index in [-0.39, 0.29) is 41.0 Å². The fraction of sp³-hybridized carbons (Fsp3) is 0.562. The number of benzene rings is 1. The van der Waals surface area contributed by atoms with E-state index in [2.05, 4.69) is 15.4 Å². The van der Waals surface area contributed by atoms with Crippen LogP contribution >= 0.6 is 12.4 Å². The molecule has 1 atom stereocenters. The van der Waals surface area contributed by atoms with Crippen molar-refractivity contribution in [3.8, 4) is 5.75 Å². The van der Waals surface area contributed by atoms with Gasteiger partial charge in [0.25, 0.3) is 5.91 Å². The third kappa shape index (κ3) is 5.07. The second-order valence-corrected chi connectivity index (χ2v) is 7.95. The summed E-state index contributed by atoms with van der Waals surface area (Å²) in [5, 5.41) is 6.16. The lowest BCUT2D eigenvalue weighted by atomic mass is 10.2.